The van der Waals surface area contributed by atoms with E-state index in [4.69, 9.17) is 4.74 Å². The molecule has 0 bridgehead atoms. The van der Waals surface area contributed by atoms with Crippen LogP contribution in [-0.2, 0) is 22.5 Å². The number of nitrogens with one attached hydrogen (secondary N) is 1. The third-order valence-corrected chi connectivity index (χ3v) is 4.69. The highest BCUT2D eigenvalue weighted by molar-refractivity contribution is 5.79. The first-order valence-electron chi connectivity index (χ1n) is 8.39. The molecule has 2 aliphatic rings. The van der Waals surface area contributed by atoms with Gasteiger partial charge in [-0.1, -0.05) is 0 Å². The van der Waals surface area contributed by atoms with Gasteiger partial charge in [-0.15, -0.1) is 0 Å². The van der Waals surface area contributed by atoms with Crippen molar-refractivity contribution in [3.8, 4) is 11.5 Å². The monoisotopic (exact) mass is 341 g/mol. The van der Waals surface area contributed by atoms with E-state index in [0.29, 0.717) is 55.5 Å². The normalized spacial score (nSPS) is 19.7. The summed E-state index contributed by atoms with van der Waals surface area (Å²) in [7, 11) is 0. The van der Waals surface area contributed by atoms with Crippen LogP contribution in [-0.4, -0.2) is 50.5 Å². The lowest BCUT2D eigenvalue weighted by molar-refractivity contribution is -0.136. The molecule has 25 heavy (non-hydrogen) atoms. The first kappa shape index (κ1) is 15.9. The molecule has 4 rings (SSSR count). The van der Waals surface area contributed by atoms with E-state index in [9.17, 15) is 9.59 Å². The van der Waals surface area contributed by atoms with Crippen molar-refractivity contribution < 1.29 is 9.53 Å². The number of rotatable bonds is 2. The quantitative estimate of drug-likeness (QED) is 0.851. The molecule has 0 saturated carbocycles. The van der Waals surface area contributed by atoms with Gasteiger partial charge in [-0.05, 0) is 19.8 Å². The van der Waals surface area contributed by atoms with E-state index >= 15 is 0 Å². The van der Waals surface area contributed by atoms with Gasteiger partial charge in [-0.3, -0.25) is 14.6 Å². The maximum atomic E-state index is 12.6. The molecular formula is C17H19N5O3. The second-order valence-electron chi connectivity index (χ2n) is 6.45. The van der Waals surface area contributed by atoms with Crippen LogP contribution in [0.2, 0.25) is 0 Å². The molecule has 4 heterocycles. The average molecular weight is 341 g/mol. The predicted molar refractivity (Wildman–Crippen MR) is 88.7 cm³/mol. The number of carbonyl (C=O) groups is 1. The van der Waals surface area contributed by atoms with E-state index in [1.165, 1.54) is 0 Å². The second-order valence-corrected chi connectivity index (χ2v) is 6.45. The van der Waals surface area contributed by atoms with Crippen molar-refractivity contribution in [2.24, 2.45) is 5.92 Å². The number of nitrogens with zero attached hydrogens (tertiary/aromatic N) is 4. The van der Waals surface area contributed by atoms with Crippen LogP contribution in [0.15, 0.2) is 17.2 Å². The van der Waals surface area contributed by atoms with Crippen molar-refractivity contribution in [3.63, 3.8) is 0 Å². The zero-order valence-corrected chi connectivity index (χ0v) is 14.0. The predicted octanol–water partition coefficient (Wildman–Crippen LogP) is 0.457. The third-order valence-electron chi connectivity index (χ3n) is 4.69. The molecule has 0 aliphatic carbocycles. The lowest BCUT2D eigenvalue weighted by atomic mass is 10.0. The number of aromatic amines is 1. The molecule has 1 amide bonds. The Bertz CT molecular complexity index is 856. The number of H-pyrrole nitrogens is 1. The zero-order chi connectivity index (χ0) is 17.4. The number of hydrogen-bond acceptors (Lipinski definition) is 6. The molecule has 2 aromatic heterocycles. The van der Waals surface area contributed by atoms with Crippen LogP contribution in [0.1, 0.15) is 23.4 Å². The molecule has 8 heteroatoms. The molecule has 130 valence electrons. The van der Waals surface area contributed by atoms with E-state index in [1.807, 2.05) is 6.92 Å². The first-order valence-corrected chi connectivity index (χ1v) is 8.39. The van der Waals surface area contributed by atoms with Gasteiger partial charge in [-0.25, -0.2) is 9.97 Å². The molecule has 0 unspecified atom stereocenters. The number of hydrogen-bond donors (Lipinski definition) is 1. The highest BCUT2D eigenvalue weighted by Crippen LogP contribution is 2.21. The van der Waals surface area contributed by atoms with Crippen molar-refractivity contribution in [2.45, 2.75) is 26.3 Å². The molecule has 1 N–H and O–H groups in total. The van der Waals surface area contributed by atoms with Crippen LogP contribution in [0, 0.1) is 12.8 Å². The summed E-state index contributed by atoms with van der Waals surface area (Å²) in [5, 5.41) is 0. The standard InChI is InChI=1S/C17H19N5O3/c1-10-6-19-13(7-18-10)15-20-14-8-22(4-2-12(14)16(23)21-15)17(24)11-3-5-25-9-11/h6-7,11H,2-5,8-9H2,1H3,(H,20,21,23)/t11-/m1/s1. The van der Waals surface area contributed by atoms with Crippen molar-refractivity contribution in [1.82, 2.24) is 24.8 Å². The maximum Gasteiger partial charge on any atom is 0.254 e. The smallest absolute Gasteiger partial charge is 0.254 e. The van der Waals surface area contributed by atoms with E-state index in [0.717, 1.165) is 12.1 Å². The average Bonchev–Trinajstić information content (AvgIpc) is 3.16. The highest BCUT2D eigenvalue weighted by atomic mass is 16.5. The van der Waals surface area contributed by atoms with Crippen LogP contribution in [0.5, 0.6) is 0 Å². The van der Waals surface area contributed by atoms with Crippen molar-refractivity contribution in [1.29, 1.82) is 0 Å². The Morgan fingerprint density at radius 1 is 1.36 bits per heavy atom. The summed E-state index contributed by atoms with van der Waals surface area (Å²) < 4.78 is 5.31. The van der Waals surface area contributed by atoms with E-state index in [-0.39, 0.29) is 17.4 Å². The number of amides is 1. The van der Waals surface area contributed by atoms with Crippen LogP contribution in [0.4, 0.5) is 0 Å². The molecule has 0 aromatic carbocycles. The van der Waals surface area contributed by atoms with Crippen LogP contribution in [0.25, 0.3) is 11.5 Å². The molecule has 1 fully saturated rings. The van der Waals surface area contributed by atoms with Gasteiger partial charge in [0.1, 0.15) is 5.69 Å². The lowest BCUT2D eigenvalue weighted by Gasteiger charge is -2.29. The summed E-state index contributed by atoms with van der Waals surface area (Å²) in [6.07, 6.45) is 4.48. The van der Waals surface area contributed by atoms with Gasteiger partial charge in [0.05, 0.1) is 36.7 Å². The number of carbonyl (C=O) groups excluding carboxylic acids is 1. The number of ether oxygens (including phenoxy) is 1. The first-order chi connectivity index (χ1) is 12.1. The van der Waals surface area contributed by atoms with Crippen molar-refractivity contribution >= 4 is 5.91 Å². The summed E-state index contributed by atoms with van der Waals surface area (Å²) >= 11 is 0. The number of fused-ring (bicyclic) bond motifs is 1. The van der Waals surface area contributed by atoms with Crippen molar-refractivity contribution in [2.75, 3.05) is 19.8 Å². The summed E-state index contributed by atoms with van der Waals surface area (Å²) in [6, 6.07) is 0. The molecule has 1 saturated heterocycles. The SMILES string of the molecule is Cc1cnc(-c2nc3c(c(=O)[nH]2)CCN(C(=O)[C@@H]2CCOC2)C3)cn1. The Morgan fingerprint density at radius 2 is 2.24 bits per heavy atom. The molecule has 0 spiro atoms. The van der Waals surface area contributed by atoms with Gasteiger partial charge in [0.15, 0.2) is 5.82 Å². The number of aromatic nitrogens is 4. The molecule has 2 aromatic rings. The lowest BCUT2D eigenvalue weighted by Crippen LogP contribution is -2.42. The van der Waals surface area contributed by atoms with Gasteiger partial charge >= 0.3 is 0 Å². The van der Waals surface area contributed by atoms with Gasteiger partial charge in [0.25, 0.3) is 5.56 Å². The Hall–Kier alpha value is -2.61. The second kappa shape index (κ2) is 6.36. The Balaban J connectivity index is 1.63. The Labute approximate surface area is 144 Å². The van der Waals surface area contributed by atoms with Crippen LogP contribution < -0.4 is 5.56 Å². The van der Waals surface area contributed by atoms with Crippen molar-refractivity contribution in [3.05, 3.63) is 39.7 Å². The van der Waals surface area contributed by atoms with Gasteiger partial charge < -0.3 is 14.6 Å². The fourth-order valence-electron chi connectivity index (χ4n) is 3.25. The Morgan fingerprint density at radius 3 is 2.96 bits per heavy atom. The third kappa shape index (κ3) is 3.05. The minimum absolute atomic E-state index is 0.0778. The largest absolute Gasteiger partial charge is 0.381 e. The minimum Gasteiger partial charge on any atom is -0.381 e. The fraction of sp³-hybridized carbons (Fsp3) is 0.471. The van der Waals surface area contributed by atoms with E-state index in [1.54, 1.807) is 17.3 Å². The van der Waals surface area contributed by atoms with Crippen LogP contribution in [0.3, 0.4) is 0 Å². The molecule has 8 nitrogen and oxygen atoms in total. The van der Waals surface area contributed by atoms with E-state index in [2.05, 4.69) is 19.9 Å². The molecule has 0 radical (unpaired) electrons. The van der Waals surface area contributed by atoms with Gasteiger partial charge in [0.2, 0.25) is 5.91 Å². The molecule has 2 aliphatic heterocycles. The fourth-order valence-corrected chi connectivity index (χ4v) is 3.25. The zero-order valence-electron chi connectivity index (χ0n) is 14.0. The van der Waals surface area contributed by atoms with E-state index < -0.39 is 0 Å². The minimum atomic E-state index is -0.168. The summed E-state index contributed by atoms with van der Waals surface area (Å²) in [4.78, 5) is 42.5. The summed E-state index contributed by atoms with van der Waals surface area (Å²) in [6.45, 7) is 3.85. The number of aryl methyl sites for hydroxylation is 1. The maximum absolute atomic E-state index is 12.6. The molecular weight excluding hydrogens is 322 g/mol. The molecule has 1 atom stereocenters. The Kier molecular flexibility index (Phi) is 4.04. The van der Waals surface area contributed by atoms with Gasteiger partial charge in [0, 0.05) is 24.9 Å². The topological polar surface area (TPSA) is 101 Å². The van der Waals surface area contributed by atoms with Crippen LogP contribution >= 0.6 is 0 Å². The summed E-state index contributed by atoms with van der Waals surface area (Å²) in [5.41, 5.74) is 2.42. The highest BCUT2D eigenvalue weighted by Gasteiger charge is 2.31. The summed E-state index contributed by atoms with van der Waals surface area (Å²) in [5.74, 6) is 0.391. The van der Waals surface area contributed by atoms with Gasteiger partial charge in [-0.2, -0.15) is 0 Å².